The molecule has 1 saturated carbocycles. The van der Waals surface area contributed by atoms with Gasteiger partial charge in [0, 0.05) is 17.8 Å². The zero-order chi connectivity index (χ0) is 21.6. The fourth-order valence-electron chi connectivity index (χ4n) is 3.51. The van der Waals surface area contributed by atoms with E-state index in [4.69, 9.17) is 0 Å². The molecule has 1 aliphatic carbocycles. The number of benzene rings is 1. The normalized spacial score (nSPS) is 15.5. The minimum atomic E-state index is -4.62. The number of rotatable bonds is 6. The fourth-order valence-corrected chi connectivity index (χ4v) is 3.51. The van der Waals surface area contributed by atoms with Gasteiger partial charge in [-0.3, -0.25) is 9.89 Å². The van der Waals surface area contributed by atoms with Crippen molar-refractivity contribution in [2.24, 2.45) is 0 Å². The molecule has 0 spiro atoms. The summed E-state index contributed by atoms with van der Waals surface area (Å²) in [5.41, 5.74) is 2.52. The van der Waals surface area contributed by atoms with E-state index in [0.29, 0.717) is 23.0 Å². The Morgan fingerprint density at radius 2 is 2.06 bits per heavy atom. The van der Waals surface area contributed by atoms with Crippen molar-refractivity contribution in [3.05, 3.63) is 53.0 Å². The molecule has 3 aromatic rings. The molecule has 5 rings (SSSR count). The monoisotopic (exact) mass is 429 g/mol. The van der Waals surface area contributed by atoms with E-state index in [1.165, 1.54) is 0 Å². The number of H-pyrrole nitrogens is 1. The van der Waals surface area contributed by atoms with Crippen molar-refractivity contribution in [2.75, 3.05) is 16.0 Å². The second kappa shape index (κ2) is 7.25. The quantitative estimate of drug-likeness (QED) is 0.473. The third-order valence-corrected chi connectivity index (χ3v) is 5.21. The number of halogens is 3. The molecule has 1 aliphatic heterocycles. The number of para-hydroxylation sites is 1. The third-order valence-electron chi connectivity index (χ3n) is 5.21. The number of hydrogen-bond acceptors (Lipinski definition) is 6. The summed E-state index contributed by atoms with van der Waals surface area (Å²) in [5.74, 6) is -0.0530. The highest BCUT2D eigenvalue weighted by molar-refractivity contribution is 6.03. The molecule has 31 heavy (non-hydrogen) atoms. The van der Waals surface area contributed by atoms with Gasteiger partial charge in [-0.15, -0.1) is 0 Å². The average Bonchev–Trinajstić information content (AvgIpc) is 3.33. The Morgan fingerprint density at radius 1 is 1.23 bits per heavy atom. The first-order valence-corrected chi connectivity index (χ1v) is 9.78. The number of amides is 1. The van der Waals surface area contributed by atoms with Gasteiger partial charge in [0.05, 0.1) is 30.0 Å². The molecular weight excluding hydrogens is 411 g/mol. The standard InChI is InChI=1S/C20H18F3N7O/c21-20(22,23)13-9-25-19(26-14-3-1-2-11-6-16(31)27-17(11)14)28-18(13)24-8-12-7-15(30-29-12)10-4-5-10/h1-3,7,9-10H,4-6,8H2,(H,27,31)(H,29,30)(H2,24,25,26,28). The van der Waals surface area contributed by atoms with Crippen LogP contribution in [0.3, 0.4) is 0 Å². The Balaban J connectivity index is 1.39. The van der Waals surface area contributed by atoms with Gasteiger partial charge >= 0.3 is 6.18 Å². The Hall–Kier alpha value is -3.63. The summed E-state index contributed by atoms with van der Waals surface area (Å²) >= 11 is 0. The third kappa shape index (κ3) is 4.03. The van der Waals surface area contributed by atoms with Crippen molar-refractivity contribution in [2.45, 2.75) is 37.9 Å². The van der Waals surface area contributed by atoms with E-state index >= 15 is 0 Å². The van der Waals surface area contributed by atoms with E-state index in [1.54, 1.807) is 18.2 Å². The van der Waals surface area contributed by atoms with Gasteiger partial charge in [-0.1, -0.05) is 12.1 Å². The first kappa shape index (κ1) is 19.3. The second-order valence-corrected chi connectivity index (χ2v) is 7.59. The van der Waals surface area contributed by atoms with Crippen molar-refractivity contribution in [3.8, 4) is 0 Å². The number of nitrogens with one attached hydrogen (secondary N) is 4. The first-order valence-electron chi connectivity index (χ1n) is 9.78. The number of aromatic amines is 1. The summed E-state index contributed by atoms with van der Waals surface area (Å²) in [7, 11) is 0. The molecule has 2 aromatic heterocycles. The molecule has 1 aromatic carbocycles. The molecule has 1 fully saturated rings. The predicted octanol–water partition coefficient (Wildman–Crippen LogP) is 3.95. The van der Waals surface area contributed by atoms with Crippen molar-refractivity contribution >= 4 is 29.0 Å². The van der Waals surface area contributed by atoms with Crippen LogP contribution >= 0.6 is 0 Å². The van der Waals surface area contributed by atoms with Crippen LogP contribution < -0.4 is 16.0 Å². The van der Waals surface area contributed by atoms with Crippen LogP contribution in [0, 0.1) is 0 Å². The van der Waals surface area contributed by atoms with Gasteiger partial charge < -0.3 is 16.0 Å². The van der Waals surface area contributed by atoms with Crippen LogP contribution in [0.15, 0.2) is 30.5 Å². The smallest absolute Gasteiger partial charge is 0.364 e. The van der Waals surface area contributed by atoms with E-state index in [2.05, 4.69) is 36.1 Å². The summed E-state index contributed by atoms with van der Waals surface area (Å²) < 4.78 is 40.4. The number of anilines is 4. The molecule has 11 heteroatoms. The van der Waals surface area contributed by atoms with Gasteiger partial charge in [0.25, 0.3) is 0 Å². The molecule has 160 valence electrons. The Bertz CT molecular complexity index is 1150. The van der Waals surface area contributed by atoms with Crippen LogP contribution in [0.2, 0.25) is 0 Å². The summed E-state index contributed by atoms with van der Waals surface area (Å²) in [5, 5.41) is 15.5. The molecular formula is C20H18F3N7O. The number of aromatic nitrogens is 4. The van der Waals surface area contributed by atoms with Crippen LogP contribution in [0.4, 0.5) is 36.3 Å². The molecule has 3 heterocycles. The summed E-state index contributed by atoms with van der Waals surface area (Å²) in [6, 6.07) is 7.11. The van der Waals surface area contributed by atoms with Crippen LogP contribution in [0.1, 0.15) is 41.3 Å². The lowest BCUT2D eigenvalue weighted by atomic mass is 10.1. The van der Waals surface area contributed by atoms with Crippen molar-refractivity contribution in [1.29, 1.82) is 0 Å². The van der Waals surface area contributed by atoms with Crippen LogP contribution in [-0.4, -0.2) is 26.1 Å². The highest BCUT2D eigenvalue weighted by Gasteiger charge is 2.35. The maximum atomic E-state index is 13.5. The Kier molecular flexibility index (Phi) is 4.53. The number of fused-ring (bicyclic) bond motifs is 1. The van der Waals surface area contributed by atoms with E-state index in [9.17, 15) is 18.0 Å². The molecule has 0 radical (unpaired) electrons. The van der Waals surface area contributed by atoms with E-state index in [-0.39, 0.29) is 30.6 Å². The number of carbonyl (C=O) groups is 1. The van der Waals surface area contributed by atoms with Crippen LogP contribution in [0.5, 0.6) is 0 Å². The number of nitrogens with zero attached hydrogens (tertiary/aromatic N) is 3. The highest BCUT2D eigenvalue weighted by Crippen LogP contribution is 2.39. The molecule has 2 aliphatic rings. The summed E-state index contributed by atoms with van der Waals surface area (Å²) in [6.07, 6.45) is -1.44. The van der Waals surface area contributed by atoms with Gasteiger partial charge in [0.2, 0.25) is 11.9 Å². The lowest BCUT2D eigenvalue weighted by Gasteiger charge is -2.15. The predicted molar refractivity (Wildman–Crippen MR) is 107 cm³/mol. The van der Waals surface area contributed by atoms with Crippen molar-refractivity contribution in [1.82, 2.24) is 20.2 Å². The minimum Gasteiger partial charge on any atom is -0.364 e. The summed E-state index contributed by atoms with van der Waals surface area (Å²) in [6.45, 7) is 0.0829. The van der Waals surface area contributed by atoms with E-state index in [0.717, 1.165) is 30.3 Å². The molecule has 0 atom stereocenters. The topological polar surface area (TPSA) is 108 Å². The van der Waals surface area contributed by atoms with Gasteiger partial charge in [0.15, 0.2) is 0 Å². The van der Waals surface area contributed by atoms with Crippen molar-refractivity contribution < 1.29 is 18.0 Å². The minimum absolute atomic E-state index is 0.0225. The Labute approximate surface area is 174 Å². The largest absolute Gasteiger partial charge is 0.421 e. The van der Waals surface area contributed by atoms with Crippen molar-refractivity contribution in [3.63, 3.8) is 0 Å². The van der Waals surface area contributed by atoms with Crippen LogP contribution in [-0.2, 0) is 23.9 Å². The maximum absolute atomic E-state index is 13.5. The zero-order valence-electron chi connectivity index (χ0n) is 16.2. The SMILES string of the molecule is O=C1Cc2cccc(Nc3ncc(C(F)(F)F)c(NCc4cc(C5CC5)[nH]n4)n3)c2N1. The average molecular weight is 429 g/mol. The number of carbonyl (C=O) groups excluding carboxylic acids is 1. The summed E-state index contributed by atoms with van der Waals surface area (Å²) in [4.78, 5) is 19.5. The second-order valence-electron chi connectivity index (χ2n) is 7.59. The zero-order valence-corrected chi connectivity index (χ0v) is 16.2. The first-order chi connectivity index (χ1) is 14.9. The molecule has 1 amide bonds. The molecule has 0 bridgehead atoms. The van der Waals surface area contributed by atoms with Gasteiger partial charge in [-0.05, 0) is 30.5 Å². The maximum Gasteiger partial charge on any atom is 0.421 e. The molecule has 8 nitrogen and oxygen atoms in total. The number of hydrogen-bond donors (Lipinski definition) is 4. The lowest BCUT2D eigenvalue weighted by Crippen LogP contribution is -2.14. The van der Waals surface area contributed by atoms with Gasteiger partial charge in [-0.25, -0.2) is 4.98 Å². The molecule has 0 saturated heterocycles. The van der Waals surface area contributed by atoms with Gasteiger partial charge in [-0.2, -0.15) is 23.3 Å². The van der Waals surface area contributed by atoms with E-state index < -0.39 is 11.7 Å². The van der Waals surface area contributed by atoms with Crippen LogP contribution in [0.25, 0.3) is 0 Å². The molecule has 4 N–H and O–H groups in total. The lowest BCUT2D eigenvalue weighted by molar-refractivity contribution is -0.137. The molecule has 0 unspecified atom stereocenters. The fraction of sp³-hybridized carbons (Fsp3) is 0.300. The van der Waals surface area contributed by atoms with Gasteiger partial charge in [0.1, 0.15) is 11.4 Å². The van der Waals surface area contributed by atoms with E-state index in [1.807, 2.05) is 6.07 Å². The highest BCUT2D eigenvalue weighted by atomic mass is 19.4. The Morgan fingerprint density at radius 3 is 2.84 bits per heavy atom. The number of alkyl halides is 3.